The molecule has 0 saturated carbocycles. The molecule has 0 spiro atoms. The fourth-order valence-electron chi connectivity index (χ4n) is 0.416. The maximum absolute atomic E-state index is 3.82. The minimum absolute atomic E-state index is 1.16. The highest BCUT2D eigenvalue weighted by Crippen LogP contribution is 1.99. The molecule has 3 heteroatoms. The molecule has 0 aliphatic carbocycles. The molecule has 1 aliphatic rings. The second-order valence-electron chi connectivity index (χ2n) is 1.44. The van der Waals surface area contributed by atoms with Gasteiger partial charge in [0.1, 0.15) is 0 Å². The predicted octanol–water partition coefficient (Wildman–Crippen LogP) is 0.0415. The summed E-state index contributed by atoms with van der Waals surface area (Å²) in [5, 5.41) is 2.04. The second-order valence-corrected chi connectivity index (χ2v) is 1.64. The van der Waals surface area contributed by atoms with Crippen LogP contribution < -0.4 is 4.83 Å². The largest absolute Gasteiger partial charge is 0.235 e. The summed E-state index contributed by atoms with van der Waals surface area (Å²) in [6, 6.07) is 0. The Bertz CT molecular complexity index is 41.3. The Kier molecular flexibility index (Phi) is 1.34. The normalized spacial score (nSPS) is 23.5. The predicted molar refractivity (Wildman–Crippen MR) is 28.3 cm³/mol. The fraction of sp³-hybridized carbons (Fsp3) is 1.00. The van der Waals surface area contributed by atoms with Gasteiger partial charge in [-0.05, 0) is 6.42 Å². The lowest BCUT2D eigenvalue weighted by atomic mass is 10.3. The Morgan fingerprint density at radius 3 is 2.17 bits per heavy atom. The molecule has 36 valence electrons. The minimum Gasteiger partial charge on any atom is -0.235 e. The average Bonchev–Trinajstić information content (AvgIpc) is 1.31. The van der Waals surface area contributed by atoms with Gasteiger partial charge in [-0.1, -0.05) is 12.8 Å². The first-order chi connectivity index (χ1) is 2.93. The molecule has 0 radical (unpaired) electrons. The Hall–Kier alpha value is 0.270. The van der Waals surface area contributed by atoms with E-state index >= 15 is 0 Å². The van der Waals surface area contributed by atoms with Crippen LogP contribution in [0.5, 0.6) is 0 Å². The van der Waals surface area contributed by atoms with E-state index in [1.165, 1.54) is 6.42 Å². The third kappa shape index (κ3) is 0.668. The van der Waals surface area contributed by atoms with Crippen molar-refractivity contribution in [3.05, 3.63) is 0 Å². The number of hydrogen-bond acceptors (Lipinski definition) is 3. The van der Waals surface area contributed by atoms with Crippen LogP contribution in [0.2, 0.25) is 0 Å². The number of nitrogens with one attached hydrogen (secondary N) is 1. The molecule has 0 atom stereocenters. The van der Waals surface area contributed by atoms with Crippen molar-refractivity contribution < 1.29 is 0 Å². The van der Waals surface area contributed by atoms with E-state index in [1.54, 1.807) is 0 Å². The van der Waals surface area contributed by atoms with Gasteiger partial charge >= 0.3 is 0 Å². The van der Waals surface area contributed by atoms with Crippen LogP contribution in [0, 0.1) is 0 Å². The molecule has 6 heavy (non-hydrogen) atoms. The third-order valence-corrected chi connectivity index (χ3v) is 1.28. The average molecular weight is 104 g/mol. The van der Waals surface area contributed by atoms with Gasteiger partial charge in [-0.25, -0.2) is 9.84 Å². The molecule has 0 aromatic rings. The molecule has 1 saturated heterocycles. The van der Waals surface area contributed by atoms with Crippen molar-refractivity contribution in [3.8, 4) is 0 Å². The van der Waals surface area contributed by atoms with Crippen molar-refractivity contribution in [2.24, 2.45) is 0 Å². The summed E-state index contributed by atoms with van der Waals surface area (Å²) in [5.74, 6) is 0. The van der Waals surface area contributed by atoms with Crippen LogP contribution in [-0.2, 0) is 0 Å². The van der Waals surface area contributed by atoms with E-state index in [-0.39, 0.29) is 0 Å². The summed E-state index contributed by atoms with van der Waals surface area (Å²) in [7, 11) is 0. The highest BCUT2D eigenvalue weighted by Gasteiger charge is 2.09. The number of hydrazine groups is 1. The van der Waals surface area contributed by atoms with Crippen molar-refractivity contribution in [2.75, 3.05) is 13.1 Å². The monoisotopic (exact) mass is 104 g/mol. The van der Waals surface area contributed by atoms with E-state index in [0.717, 1.165) is 13.1 Å². The zero-order chi connectivity index (χ0) is 4.41. The number of nitrogens with zero attached hydrogens (tertiary/aromatic N) is 1. The second kappa shape index (κ2) is 1.82. The maximum atomic E-state index is 3.82. The van der Waals surface area contributed by atoms with Gasteiger partial charge in [0.15, 0.2) is 0 Å². The van der Waals surface area contributed by atoms with Crippen LogP contribution in [0.4, 0.5) is 0 Å². The maximum Gasteiger partial charge on any atom is 0.0152 e. The van der Waals surface area contributed by atoms with Crippen molar-refractivity contribution in [1.29, 1.82) is 0 Å². The standard InChI is InChI=1S/C3H8N2S/c6-4-5-2-1-3-5/h4,6H,1-3H2. The lowest BCUT2D eigenvalue weighted by molar-refractivity contribution is 0.160. The first-order valence-electron chi connectivity index (χ1n) is 2.08. The molecule has 1 rings (SSSR count). The van der Waals surface area contributed by atoms with Gasteiger partial charge in [0, 0.05) is 13.1 Å². The molecule has 0 amide bonds. The Morgan fingerprint density at radius 1 is 1.50 bits per heavy atom. The molecule has 0 aromatic carbocycles. The molecule has 1 aliphatic heterocycles. The van der Waals surface area contributed by atoms with Crippen molar-refractivity contribution in [2.45, 2.75) is 6.42 Å². The lowest BCUT2D eigenvalue weighted by Crippen LogP contribution is -2.42. The highest BCUT2D eigenvalue weighted by atomic mass is 32.1. The highest BCUT2D eigenvalue weighted by molar-refractivity contribution is 7.78. The van der Waals surface area contributed by atoms with Crippen LogP contribution >= 0.6 is 12.8 Å². The molecule has 0 aromatic heterocycles. The van der Waals surface area contributed by atoms with Crippen LogP contribution in [0.15, 0.2) is 0 Å². The fourth-order valence-corrected chi connectivity index (χ4v) is 0.616. The molecule has 1 fully saturated rings. The summed E-state index contributed by atoms with van der Waals surface area (Å²) < 4.78 is 0. The zero-order valence-electron chi connectivity index (χ0n) is 3.52. The van der Waals surface area contributed by atoms with E-state index in [1.807, 2.05) is 5.01 Å². The molecular formula is C3H8N2S. The number of thiol groups is 1. The van der Waals surface area contributed by atoms with Crippen LogP contribution in [0.3, 0.4) is 0 Å². The zero-order valence-corrected chi connectivity index (χ0v) is 4.41. The molecule has 0 unspecified atom stereocenters. The first kappa shape index (κ1) is 4.43. The van der Waals surface area contributed by atoms with Crippen molar-refractivity contribution in [3.63, 3.8) is 0 Å². The molecule has 2 nitrogen and oxygen atoms in total. The summed E-state index contributed by atoms with van der Waals surface area (Å²) in [5.41, 5.74) is 0. The number of rotatable bonds is 1. The minimum atomic E-state index is 1.16. The smallest absolute Gasteiger partial charge is 0.0152 e. The Morgan fingerprint density at radius 2 is 2.17 bits per heavy atom. The quantitative estimate of drug-likeness (QED) is 0.457. The Balaban J connectivity index is 2.01. The van der Waals surface area contributed by atoms with E-state index in [0.29, 0.717) is 0 Å². The van der Waals surface area contributed by atoms with Crippen LogP contribution in [-0.4, -0.2) is 18.1 Å². The molecule has 1 N–H and O–H groups in total. The van der Waals surface area contributed by atoms with Gasteiger partial charge in [-0.15, -0.1) is 0 Å². The van der Waals surface area contributed by atoms with Gasteiger partial charge in [0.25, 0.3) is 0 Å². The number of hydrogen-bond donors (Lipinski definition) is 2. The summed E-state index contributed by atoms with van der Waals surface area (Å²) in [6.07, 6.45) is 1.31. The van der Waals surface area contributed by atoms with E-state index in [2.05, 4.69) is 17.6 Å². The van der Waals surface area contributed by atoms with Gasteiger partial charge in [-0.3, -0.25) is 0 Å². The summed E-state index contributed by atoms with van der Waals surface area (Å²) in [4.78, 5) is 2.73. The summed E-state index contributed by atoms with van der Waals surface area (Å²) >= 11 is 3.82. The van der Waals surface area contributed by atoms with E-state index in [4.69, 9.17) is 0 Å². The van der Waals surface area contributed by atoms with E-state index in [9.17, 15) is 0 Å². The lowest BCUT2D eigenvalue weighted by Gasteiger charge is -2.28. The summed E-state index contributed by atoms with van der Waals surface area (Å²) in [6.45, 7) is 2.31. The van der Waals surface area contributed by atoms with Crippen LogP contribution in [0.1, 0.15) is 6.42 Å². The van der Waals surface area contributed by atoms with E-state index < -0.39 is 0 Å². The molecular weight excluding hydrogens is 96.1 g/mol. The van der Waals surface area contributed by atoms with Crippen molar-refractivity contribution in [1.82, 2.24) is 9.84 Å². The SMILES string of the molecule is SNN1CCC1. The third-order valence-electron chi connectivity index (χ3n) is 0.997. The van der Waals surface area contributed by atoms with Gasteiger partial charge in [-0.2, -0.15) is 0 Å². The first-order valence-corrected chi connectivity index (χ1v) is 2.53. The van der Waals surface area contributed by atoms with Crippen LogP contribution in [0.25, 0.3) is 0 Å². The molecule has 1 heterocycles. The van der Waals surface area contributed by atoms with Gasteiger partial charge in [0.2, 0.25) is 0 Å². The van der Waals surface area contributed by atoms with Gasteiger partial charge in [0.05, 0.1) is 0 Å². The van der Waals surface area contributed by atoms with Gasteiger partial charge < -0.3 is 0 Å². The van der Waals surface area contributed by atoms with Crippen molar-refractivity contribution >= 4 is 12.8 Å². The molecule has 0 bridgehead atoms. The topological polar surface area (TPSA) is 15.3 Å². The Labute approximate surface area is 43.0 Å².